The third-order valence-electron chi connectivity index (χ3n) is 3.37. The first-order chi connectivity index (χ1) is 11.3. The minimum Gasteiger partial charge on any atom is -0.327 e. The van der Waals surface area contributed by atoms with Crippen LogP contribution in [0.25, 0.3) is 0 Å². The first-order valence-corrected chi connectivity index (χ1v) is 7.32. The lowest BCUT2D eigenvalue weighted by Crippen LogP contribution is -2.30. The van der Waals surface area contributed by atoms with Gasteiger partial charge in [0.05, 0.1) is 24.5 Å². The topological polar surface area (TPSA) is 59.0 Å². The smallest absolute Gasteiger partial charge is 0.254 e. The van der Waals surface area contributed by atoms with Crippen molar-refractivity contribution in [2.45, 2.75) is 13.1 Å². The van der Waals surface area contributed by atoms with Crippen LogP contribution in [0.15, 0.2) is 73.3 Å². The molecule has 3 heterocycles. The molecule has 0 fully saturated rings. The van der Waals surface area contributed by atoms with E-state index in [0.717, 1.165) is 11.4 Å². The highest BCUT2D eigenvalue weighted by molar-refractivity contribution is 5.93. The Morgan fingerprint density at radius 1 is 0.783 bits per heavy atom. The van der Waals surface area contributed by atoms with Crippen molar-refractivity contribution in [2.24, 2.45) is 0 Å². The van der Waals surface area contributed by atoms with Crippen molar-refractivity contribution in [3.8, 4) is 0 Å². The highest BCUT2D eigenvalue weighted by atomic mass is 16.2. The summed E-state index contributed by atoms with van der Waals surface area (Å²) >= 11 is 0. The average Bonchev–Trinajstić information content (AvgIpc) is 2.63. The van der Waals surface area contributed by atoms with E-state index in [4.69, 9.17) is 0 Å². The maximum Gasteiger partial charge on any atom is 0.254 e. The summed E-state index contributed by atoms with van der Waals surface area (Å²) in [5, 5.41) is 0. The molecular formula is C18H16N4O. The fourth-order valence-corrected chi connectivity index (χ4v) is 2.25. The fourth-order valence-electron chi connectivity index (χ4n) is 2.25. The lowest BCUT2D eigenvalue weighted by atomic mass is 10.2. The Labute approximate surface area is 134 Å². The van der Waals surface area contributed by atoms with Gasteiger partial charge in [-0.2, -0.15) is 0 Å². The number of rotatable bonds is 5. The number of pyridine rings is 3. The summed E-state index contributed by atoms with van der Waals surface area (Å²) in [7, 11) is 0. The normalized spacial score (nSPS) is 10.3. The maximum absolute atomic E-state index is 12.8. The van der Waals surface area contributed by atoms with Gasteiger partial charge in [-0.05, 0) is 36.4 Å². The fraction of sp³-hybridized carbons (Fsp3) is 0.111. The Hall–Kier alpha value is -3.08. The third kappa shape index (κ3) is 3.97. The zero-order chi connectivity index (χ0) is 15.9. The summed E-state index contributed by atoms with van der Waals surface area (Å²) in [5.74, 6) is -0.0660. The number of hydrogen-bond acceptors (Lipinski definition) is 4. The highest BCUT2D eigenvalue weighted by Crippen LogP contribution is 2.11. The van der Waals surface area contributed by atoms with E-state index in [1.807, 2.05) is 36.4 Å². The van der Waals surface area contributed by atoms with Gasteiger partial charge in [-0.3, -0.25) is 19.7 Å². The van der Waals surface area contributed by atoms with Crippen LogP contribution in [0.1, 0.15) is 21.7 Å². The third-order valence-corrected chi connectivity index (χ3v) is 3.37. The van der Waals surface area contributed by atoms with Gasteiger partial charge >= 0.3 is 0 Å². The molecule has 0 spiro atoms. The summed E-state index contributed by atoms with van der Waals surface area (Å²) < 4.78 is 0. The van der Waals surface area contributed by atoms with Crippen molar-refractivity contribution >= 4 is 5.91 Å². The monoisotopic (exact) mass is 304 g/mol. The van der Waals surface area contributed by atoms with E-state index in [0.29, 0.717) is 18.7 Å². The minimum atomic E-state index is -0.0660. The molecule has 3 aromatic heterocycles. The van der Waals surface area contributed by atoms with Crippen molar-refractivity contribution < 1.29 is 4.79 Å². The minimum absolute atomic E-state index is 0.0660. The van der Waals surface area contributed by atoms with Gasteiger partial charge in [0, 0.05) is 30.4 Å². The Balaban J connectivity index is 1.85. The predicted molar refractivity (Wildman–Crippen MR) is 86.3 cm³/mol. The lowest BCUT2D eigenvalue weighted by molar-refractivity contribution is 0.0725. The largest absolute Gasteiger partial charge is 0.327 e. The van der Waals surface area contributed by atoms with E-state index >= 15 is 0 Å². The molecule has 0 aliphatic rings. The average molecular weight is 304 g/mol. The van der Waals surface area contributed by atoms with Crippen molar-refractivity contribution in [3.05, 3.63) is 90.3 Å². The zero-order valence-corrected chi connectivity index (χ0v) is 12.5. The summed E-state index contributed by atoms with van der Waals surface area (Å²) in [6.45, 7) is 0.858. The first kappa shape index (κ1) is 14.8. The summed E-state index contributed by atoms with van der Waals surface area (Å²) in [5.41, 5.74) is 2.28. The van der Waals surface area contributed by atoms with E-state index < -0.39 is 0 Å². The molecule has 0 atom stereocenters. The molecule has 5 nitrogen and oxygen atoms in total. The van der Waals surface area contributed by atoms with Gasteiger partial charge in [-0.15, -0.1) is 0 Å². The number of nitrogens with zero attached hydrogens (tertiary/aromatic N) is 4. The van der Waals surface area contributed by atoms with Gasteiger partial charge in [0.25, 0.3) is 5.91 Å². The van der Waals surface area contributed by atoms with Crippen LogP contribution in [0, 0.1) is 0 Å². The highest BCUT2D eigenvalue weighted by Gasteiger charge is 2.17. The molecule has 3 aromatic rings. The Morgan fingerprint density at radius 3 is 1.83 bits per heavy atom. The molecule has 0 aromatic carbocycles. The van der Waals surface area contributed by atoms with Crippen molar-refractivity contribution in [2.75, 3.05) is 0 Å². The van der Waals surface area contributed by atoms with Crippen LogP contribution in [0.2, 0.25) is 0 Å². The van der Waals surface area contributed by atoms with Gasteiger partial charge in [-0.1, -0.05) is 12.1 Å². The Kier molecular flexibility index (Phi) is 4.69. The summed E-state index contributed by atoms with van der Waals surface area (Å²) in [4.78, 5) is 27.1. The van der Waals surface area contributed by atoms with Crippen LogP contribution in [0.4, 0.5) is 0 Å². The zero-order valence-electron chi connectivity index (χ0n) is 12.5. The maximum atomic E-state index is 12.8. The molecule has 0 aliphatic heterocycles. The molecule has 23 heavy (non-hydrogen) atoms. The number of amides is 1. The summed E-state index contributed by atoms with van der Waals surface area (Å²) in [6, 6.07) is 14.8. The Morgan fingerprint density at radius 2 is 1.35 bits per heavy atom. The van der Waals surface area contributed by atoms with Crippen LogP contribution in [-0.4, -0.2) is 25.8 Å². The lowest BCUT2D eigenvalue weighted by Gasteiger charge is -2.22. The van der Waals surface area contributed by atoms with Crippen molar-refractivity contribution in [1.29, 1.82) is 0 Å². The SMILES string of the molecule is O=C(c1ccncc1)N(Cc1ccccn1)Cc1ccccn1. The molecule has 0 saturated carbocycles. The van der Waals surface area contributed by atoms with Crippen LogP contribution in [0.3, 0.4) is 0 Å². The molecule has 0 N–H and O–H groups in total. The molecule has 114 valence electrons. The molecule has 0 bridgehead atoms. The number of carbonyl (C=O) groups excluding carboxylic acids is 1. The van der Waals surface area contributed by atoms with Gasteiger partial charge in [0.2, 0.25) is 0 Å². The molecule has 0 aliphatic carbocycles. The number of aromatic nitrogens is 3. The second-order valence-electron chi connectivity index (χ2n) is 5.04. The van der Waals surface area contributed by atoms with E-state index in [1.54, 1.807) is 41.8 Å². The molecular weight excluding hydrogens is 288 g/mol. The number of hydrogen-bond donors (Lipinski definition) is 0. The molecule has 0 saturated heterocycles. The molecule has 1 amide bonds. The van der Waals surface area contributed by atoms with Crippen LogP contribution >= 0.6 is 0 Å². The van der Waals surface area contributed by atoms with Gasteiger partial charge in [0.1, 0.15) is 0 Å². The molecule has 3 rings (SSSR count). The van der Waals surface area contributed by atoms with Crippen LogP contribution < -0.4 is 0 Å². The second kappa shape index (κ2) is 7.26. The van der Waals surface area contributed by atoms with E-state index in [1.165, 1.54) is 0 Å². The van der Waals surface area contributed by atoms with Gasteiger partial charge in [-0.25, -0.2) is 0 Å². The molecule has 0 unspecified atom stereocenters. The standard InChI is InChI=1S/C18H16N4O/c23-18(15-7-11-19-12-8-15)22(13-16-5-1-3-9-20-16)14-17-6-2-4-10-21-17/h1-12H,13-14H2. The van der Waals surface area contributed by atoms with E-state index in [2.05, 4.69) is 15.0 Å². The van der Waals surface area contributed by atoms with Gasteiger partial charge in [0.15, 0.2) is 0 Å². The van der Waals surface area contributed by atoms with Crippen molar-refractivity contribution in [3.63, 3.8) is 0 Å². The van der Waals surface area contributed by atoms with E-state index in [-0.39, 0.29) is 5.91 Å². The van der Waals surface area contributed by atoms with E-state index in [9.17, 15) is 4.79 Å². The summed E-state index contributed by atoms with van der Waals surface area (Å²) in [6.07, 6.45) is 6.69. The van der Waals surface area contributed by atoms with Crippen LogP contribution in [-0.2, 0) is 13.1 Å². The molecule has 0 radical (unpaired) electrons. The quantitative estimate of drug-likeness (QED) is 0.727. The van der Waals surface area contributed by atoms with Crippen LogP contribution in [0.5, 0.6) is 0 Å². The second-order valence-corrected chi connectivity index (χ2v) is 5.04. The predicted octanol–water partition coefficient (Wildman–Crippen LogP) is 2.71. The molecule has 5 heteroatoms. The first-order valence-electron chi connectivity index (χ1n) is 7.32. The van der Waals surface area contributed by atoms with Crippen molar-refractivity contribution in [1.82, 2.24) is 19.9 Å². The Bertz CT molecular complexity index is 706. The number of carbonyl (C=O) groups is 1. The van der Waals surface area contributed by atoms with Gasteiger partial charge < -0.3 is 4.90 Å².